The van der Waals surface area contributed by atoms with Gasteiger partial charge in [-0.15, -0.1) is 0 Å². The number of esters is 1. The molecule has 2 rings (SSSR count). The highest BCUT2D eigenvalue weighted by Crippen LogP contribution is 2.21. The van der Waals surface area contributed by atoms with Crippen LogP contribution in [0.1, 0.15) is 23.0 Å². The molecule has 1 aromatic carbocycles. The van der Waals surface area contributed by atoms with Gasteiger partial charge in [0, 0.05) is 0 Å². The van der Waals surface area contributed by atoms with Gasteiger partial charge in [0.2, 0.25) is 0 Å². The topological polar surface area (TPSA) is 68.5 Å². The van der Waals surface area contributed by atoms with Gasteiger partial charge in [-0.2, -0.15) is 0 Å². The van der Waals surface area contributed by atoms with Crippen molar-refractivity contribution < 1.29 is 18.7 Å². The Bertz CT molecular complexity index is 665. The van der Waals surface area contributed by atoms with Crippen molar-refractivity contribution in [3.63, 3.8) is 0 Å². The predicted molar refractivity (Wildman–Crippen MR) is 78.4 cm³/mol. The highest BCUT2D eigenvalue weighted by atomic mass is 35.5. The molecule has 0 saturated heterocycles. The molecule has 0 spiro atoms. The summed E-state index contributed by atoms with van der Waals surface area (Å²) in [6, 6.07) is 8.31. The molecule has 0 aliphatic carbocycles. The number of para-hydroxylation sites is 1. The minimum absolute atomic E-state index is 0.299. The van der Waals surface area contributed by atoms with E-state index in [0.717, 1.165) is 0 Å². The Labute approximate surface area is 126 Å². The Morgan fingerprint density at radius 1 is 1.29 bits per heavy atom. The smallest absolute Gasteiger partial charge is 0.342 e. The Kier molecular flexibility index (Phi) is 4.65. The summed E-state index contributed by atoms with van der Waals surface area (Å²) >= 11 is 5.95. The predicted octanol–water partition coefficient (Wildman–Crippen LogP) is 3.43. The molecule has 110 valence electrons. The lowest BCUT2D eigenvalue weighted by atomic mass is 10.2. The quantitative estimate of drug-likeness (QED) is 0.879. The molecule has 0 bridgehead atoms. The van der Waals surface area contributed by atoms with E-state index in [4.69, 9.17) is 20.8 Å². The summed E-state index contributed by atoms with van der Waals surface area (Å²) in [7, 11) is 0. The first kappa shape index (κ1) is 15.1. The average Bonchev–Trinajstić information content (AvgIpc) is 2.87. The third kappa shape index (κ3) is 3.64. The van der Waals surface area contributed by atoms with Crippen molar-refractivity contribution in [3.8, 4) is 0 Å². The highest BCUT2D eigenvalue weighted by Gasteiger charge is 2.21. The summed E-state index contributed by atoms with van der Waals surface area (Å²) in [5.41, 5.74) is 0.763. The van der Waals surface area contributed by atoms with E-state index in [0.29, 0.717) is 22.0 Å². The number of halogens is 1. The van der Waals surface area contributed by atoms with E-state index in [1.165, 1.54) is 19.3 Å². The van der Waals surface area contributed by atoms with Gasteiger partial charge in [-0.3, -0.25) is 4.79 Å². The monoisotopic (exact) mass is 307 g/mol. The van der Waals surface area contributed by atoms with Gasteiger partial charge in [-0.05, 0) is 32.0 Å². The van der Waals surface area contributed by atoms with Crippen LogP contribution in [0.25, 0.3) is 0 Å². The number of aryl methyl sites for hydroxylation is 1. The summed E-state index contributed by atoms with van der Waals surface area (Å²) in [5, 5.41) is 3.02. The average molecular weight is 308 g/mol. The molecular formula is C15H14ClNO4. The molecule has 1 amide bonds. The molecule has 0 unspecified atom stereocenters. The molecule has 1 aromatic heterocycles. The Hall–Kier alpha value is -2.27. The van der Waals surface area contributed by atoms with Crippen LogP contribution in [0.2, 0.25) is 5.02 Å². The molecule has 1 atom stereocenters. The van der Waals surface area contributed by atoms with E-state index < -0.39 is 18.0 Å². The van der Waals surface area contributed by atoms with Crippen LogP contribution in [-0.4, -0.2) is 18.0 Å². The van der Waals surface area contributed by atoms with Crippen molar-refractivity contribution in [2.45, 2.75) is 20.0 Å². The van der Waals surface area contributed by atoms with Crippen LogP contribution >= 0.6 is 11.6 Å². The molecule has 0 aliphatic heterocycles. The van der Waals surface area contributed by atoms with Gasteiger partial charge < -0.3 is 14.5 Å². The molecule has 21 heavy (non-hydrogen) atoms. The van der Waals surface area contributed by atoms with Gasteiger partial charge in [0.05, 0.1) is 17.0 Å². The molecule has 2 aromatic rings. The summed E-state index contributed by atoms with van der Waals surface area (Å²) in [4.78, 5) is 23.9. The SMILES string of the molecule is Cc1occc1C(=O)O[C@@H](C)C(=O)Nc1ccccc1Cl. The number of rotatable bonds is 4. The van der Waals surface area contributed by atoms with Gasteiger partial charge in [0.15, 0.2) is 6.10 Å². The zero-order chi connectivity index (χ0) is 15.4. The summed E-state index contributed by atoms with van der Waals surface area (Å²) in [6.07, 6.45) is 0.434. The van der Waals surface area contributed by atoms with Crippen molar-refractivity contribution in [1.82, 2.24) is 0 Å². The molecule has 0 radical (unpaired) electrons. The van der Waals surface area contributed by atoms with Gasteiger partial charge >= 0.3 is 5.97 Å². The zero-order valence-corrected chi connectivity index (χ0v) is 12.3. The zero-order valence-electron chi connectivity index (χ0n) is 11.6. The first-order valence-corrected chi connectivity index (χ1v) is 6.67. The lowest BCUT2D eigenvalue weighted by Crippen LogP contribution is -2.30. The van der Waals surface area contributed by atoms with E-state index in [9.17, 15) is 9.59 Å². The molecule has 0 fully saturated rings. The standard InChI is InChI=1S/C15H14ClNO4/c1-9-11(7-8-20-9)15(19)21-10(2)14(18)17-13-6-4-3-5-12(13)16/h3-8,10H,1-2H3,(H,17,18)/t10-/m0/s1. The number of furan rings is 1. The third-order valence-electron chi connectivity index (χ3n) is 2.86. The maximum absolute atomic E-state index is 12.0. The van der Waals surface area contributed by atoms with Crippen LogP contribution in [0.15, 0.2) is 41.0 Å². The second kappa shape index (κ2) is 6.45. The summed E-state index contributed by atoms with van der Waals surface area (Å²) < 4.78 is 10.1. The fraction of sp³-hybridized carbons (Fsp3) is 0.200. The van der Waals surface area contributed by atoms with Crippen molar-refractivity contribution >= 4 is 29.2 Å². The number of carbonyl (C=O) groups is 2. The number of anilines is 1. The minimum Gasteiger partial charge on any atom is -0.469 e. The van der Waals surface area contributed by atoms with Crippen LogP contribution in [0, 0.1) is 6.92 Å². The maximum Gasteiger partial charge on any atom is 0.342 e. The molecule has 0 aliphatic rings. The van der Waals surface area contributed by atoms with Crippen LogP contribution in [0.5, 0.6) is 0 Å². The highest BCUT2D eigenvalue weighted by molar-refractivity contribution is 6.33. The molecule has 1 heterocycles. The Morgan fingerprint density at radius 3 is 2.62 bits per heavy atom. The van der Waals surface area contributed by atoms with Gasteiger partial charge in [-0.1, -0.05) is 23.7 Å². The number of benzene rings is 1. The number of nitrogens with one attached hydrogen (secondary N) is 1. The van der Waals surface area contributed by atoms with Gasteiger partial charge in [0.1, 0.15) is 11.3 Å². The van der Waals surface area contributed by atoms with Crippen molar-refractivity contribution in [3.05, 3.63) is 52.9 Å². The van der Waals surface area contributed by atoms with E-state index in [-0.39, 0.29) is 0 Å². The Balaban J connectivity index is 1.99. The first-order chi connectivity index (χ1) is 9.99. The van der Waals surface area contributed by atoms with Crippen molar-refractivity contribution in [2.75, 3.05) is 5.32 Å². The lowest BCUT2D eigenvalue weighted by Gasteiger charge is -2.13. The lowest BCUT2D eigenvalue weighted by molar-refractivity contribution is -0.123. The number of hydrogen-bond acceptors (Lipinski definition) is 4. The largest absolute Gasteiger partial charge is 0.469 e. The van der Waals surface area contributed by atoms with Crippen LogP contribution in [0.3, 0.4) is 0 Å². The van der Waals surface area contributed by atoms with E-state index >= 15 is 0 Å². The Morgan fingerprint density at radius 2 is 2.00 bits per heavy atom. The molecule has 6 heteroatoms. The summed E-state index contributed by atoms with van der Waals surface area (Å²) in [6.45, 7) is 3.13. The number of ether oxygens (including phenoxy) is 1. The van der Waals surface area contributed by atoms with Crippen LogP contribution in [0.4, 0.5) is 5.69 Å². The summed E-state index contributed by atoms with van der Waals surface area (Å²) in [5.74, 6) is -0.626. The molecule has 5 nitrogen and oxygen atoms in total. The third-order valence-corrected chi connectivity index (χ3v) is 3.19. The molecule has 1 N–H and O–H groups in total. The van der Waals surface area contributed by atoms with Crippen molar-refractivity contribution in [1.29, 1.82) is 0 Å². The van der Waals surface area contributed by atoms with Gasteiger partial charge in [0.25, 0.3) is 5.91 Å². The first-order valence-electron chi connectivity index (χ1n) is 6.29. The van der Waals surface area contributed by atoms with Crippen molar-refractivity contribution in [2.24, 2.45) is 0 Å². The van der Waals surface area contributed by atoms with E-state index in [1.807, 2.05) is 0 Å². The second-order valence-corrected chi connectivity index (χ2v) is 4.81. The van der Waals surface area contributed by atoms with Crippen LogP contribution in [-0.2, 0) is 9.53 Å². The van der Waals surface area contributed by atoms with Crippen LogP contribution < -0.4 is 5.32 Å². The number of hydrogen-bond donors (Lipinski definition) is 1. The fourth-order valence-electron chi connectivity index (χ4n) is 1.67. The van der Waals surface area contributed by atoms with E-state index in [1.54, 1.807) is 31.2 Å². The second-order valence-electron chi connectivity index (χ2n) is 4.41. The number of carbonyl (C=O) groups excluding carboxylic acids is 2. The van der Waals surface area contributed by atoms with Gasteiger partial charge in [-0.25, -0.2) is 4.79 Å². The fourth-order valence-corrected chi connectivity index (χ4v) is 1.85. The van der Waals surface area contributed by atoms with E-state index in [2.05, 4.69) is 5.32 Å². The molecular weight excluding hydrogens is 294 g/mol. The number of amides is 1. The maximum atomic E-state index is 12.0. The molecule has 0 saturated carbocycles. The minimum atomic E-state index is -0.955. The normalized spacial score (nSPS) is 11.8.